The largest absolute Gasteiger partial charge is 0.456 e. The van der Waals surface area contributed by atoms with Crippen LogP contribution < -0.4 is 4.90 Å². The molecular formula is C22H17NO2. The summed E-state index contributed by atoms with van der Waals surface area (Å²) < 4.78 is 6.01. The van der Waals surface area contributed by atoms with E-state index < -0.39 is 0 Å². The van der Waals surface area contributed by atoms with Crippen molar-refractivity contribution in [3.8, 4) is 0 Å². The van der Waals surface area contributed by atoms with Gasteiger partial charge in [0.2, 0.25) is 0 Å². The number of furan rings is 1. The highest BCUT2D eigenvalue weighted by Crippen LogP contribution is 2.37. The zero-order valence-electron chi connectivity index (χ0n) is 13.7. The number of hydrogen-bond donors (Lipinski definition) is 0. The van der Waals surface area contributed by atoms with Crippen LogP contribution in [-0.4, -0.2) is 12.5 Å². The third kappa shape index (κ3) is 2.23. The molecule has 1 amide bonds. The predicted molar refractivity (Wildman–Crippen MR) is 100 cm³/mol. The van der Waals surface area contributed by atoms with Gasteiger partial charge in [0.25, 0.3) is 5.91 Å². The number of carbonyl (C=O) groups excluding carboxylic acids is 1. The van der Waals surface area contributed by atoms with E-state index in [1.165, 1.54) is 5.56 Å². The molecule has 0 saturated carbocycles. The standard InChI is InChI=1S/C22H17NO2/c24-22(15-7-2-1-3-8-15)23-12-6-9-16-13-18-17-10-4-5-11-20(17)25-21(18)14-19(16)23/h1-5,7-8,10-11,13-14H,6,9,12H2. The number of benzene rings is 3. The van der Waals surface area contributed by atoms with Crippen LogP contribution in [0, 0.1) is 0 Å². The number of amides is 1. The third-order valence-corrected chi connectivity index (χ3v) is 4.96. The molecule has 5 rings (SSSR count). The predicted octanol–water partition coefficient (Wildman–Crippen LogP) is 5.18. The molecular weight excluding hydrogens is 310 g/mol. The fourth-order valence-electron chi connectivity index (χ4n) is 3.75. The van der Waals surface area contributed by atoms with Gasteiger partial charge in [-0.2, -0.15) is 0 Å². The number of fused-ring (bicyclic) bond motifs is 4. The van der Waals surface area contributed by atoms with Crippen molar-refractivity contribution in [2.75, 3.05) is 11.4 Å². The summed E-state index contributed by atoms with van der Waals surface area (Å²) in [6.45, 7) is 0.743. The molecule has 3 nitrogen and oxygen atoms in total. The summed E-state index contributed by atoms with van der Waals surface area (Å²) in [5.74, 6) is 0.0528. The van der Waals surface area contributed by atoms with Crippen LogP contribution in [0.3, 0.4) is 0 Å². The lowest BCUT2D eigenvalue weighted by atomic mass is 9.98. The molecule has 3 aromatic carbocycles. The van der Waals surface area contributed by atoms with Crippen molar-refractivity contribution < 1.29 is 9.21 Å². The average molecular weight is 327 g/mol. The van der Waals surface area contributed by atoms with Crippen molar-refractivity contribution in [3.63, 3.8) is 0 Å². The summed E-state index contributed by atoms with van der Waals surface area (Å²) in [4.78, 5) is 14.9. The minimum atomic E-state index is 0.0528. The number of rotatable bonds is 1. The average Bonchev–Trinajstić information content (AvgIpc) is 3.03. The van der Waals surface area contributed by atoms with Crippen molar-refractivity contribution in [3.05, 3.63) is 77.9 Å². The van der Waals surface area contributed by atoms with Gasteiger partial charge in [-0.25, -0.2) is 0 Å². The topological polar surface area (TPSA) is 33.5 Å². The van der Waals surface area contributed by atoms with Crippen molar-refractivity contribution in [1.82, 2.24) is 0 Å². The third-order valence-electron chi connectivity index (χ3n) is 4.96. The van der Waals surface area contributed by atoms with Gasteiger partial charge in [-0.05, 0) is 42.7 Å². The maximum absolute atomic E-state index is 13.0. The van der Waals surface area contributed by atoms with E-state index in [-0.39, 0.29) is 5.91 Å². The van der Waals surface area contributed by atoms with Gasteiger partial charge in [0.05, 0.1) is 5.69 Å². The fourth-order valence-corrected chi connectivity index (χ4v) is 3.75. The first-order valence-corrected chi connectivity index (χ1v) is 8.62. The summed E-state index contributed by atoms with van der Waals surface area (Å²) in [5.41, 5.74) is 4.65. The zero-order valence-corrected chi connectivity index (χ0v) is 13.7. The smallest absolute Gasteiger partial charge is 0.258 e. The van der Waals surface area contributed by atoms with Crippen LogP contribution >= 0.6 is 0 Å². The van der Waals surface area contributed by atoms with Gasteiger partial charge in [-0.3, -0.25) is 4.79 Å². The number of hydrogen-bond acceptors (Lipinski definition) is 2. The first-order chi connectivity index (χ1) is 12.3. The molecule has 1 aliphatic heterocycles. The van der Waals surface area contributed by atoms with Crippen molar-refractivity contribution >= 4 is 33.5 Å². The first-order valence-electron chi connectivity index (χ1n) is 8.62. The van der Waals surface area contributed by atoms with Crippen LogP contribution in [0.15, 0.2) is 71.1 Å². The molecule has 0 bridgehead atoms. The summed E-state index contributed by atoms with van der Waals surface area (Å²) >= 11 is 0. The number of nitrogens with zero attached hydrogens (tertiary/aromatic N) is 1. The number of para-hydroxylation sites is 1. The van der Waals surface area contributed by atoms with Crippen LogP contribution in [0.25, 0.3) is 21.9 Å². The molecule has 0 aliphatic carbocycles. The second kappa shape index (κ2) is 5.49. The Balaban J connectivity index is 1.67. The van der Waals surface area contributed by atoms with Gasteiger partial charge in [0.15, 0.2) is 0 Å². The normalized spacial score (nSPS) is 14.0. The van der Waals surface area contributed by atoms with Gasteiger partial charge < -0.3 is 9.32 Å². The molecule has 0 saturated heterocycles. The van der Waals surface area contributed by atoms with Crippen molar-refractivity contribution in [2.24, 2.45) is 0 Å². The molecule has 0 N–H and O–H groups in total. The molecule has 0 fully saturated rings. The fraction of sp³-hybridized carbons (Fsp3) is 0.136. The van der Waals surface area contributed by atoms with E-state index in [9.17, 15) is 4.79 Å². The van der Waals surface area contributed by atoms with E-state index in [4.69, 9.17) is 4.42 Å². The van der Waals surface area contributed by atoms with E-state index in [1.807, 2.05) is 59.5 Å². The highest BCUT2D eigenvalue weighted by molar-refractivity contribution is 6.10. The Morgan fingerprint density at radius 1 is 0.880 bits per heavy atom. The maximum Gasteiger partial charge on any atom is 0.258 e. The van der Waals surface area contributed by atoms with Crippen molar-refractivity contribution in [2.45, 2.75) is 12.8 Å². The molecule has 0 atom stereocenters. The van der Waals surface area contributed by atoms with E-state index in [0.717, 1.165) is 52.6 Å². The first kappa shape index (κ1) is 14.3. The minimum absolute atomic E-state index is 0.0528. The van der Waals surface area contributed by atoms with Crippen LogP contribution in [0.4, 0.5) is 5.69 Å². The molecule has 0 radical (unpaired) electrons. The van der Waals surface area contributed by atoms with E-state index in [2.05, 4.69) is 12.1 Å². The Morgan fingerprint density at radius 2 is 1.68 bits per heavy atom. The molecule has 4 aromatic rings. The lowest BCUT2D eigenvalue weighted by molar-refractivity contribution is 0.0985. The maximum atomic E-state index is 13.0. The Kier molecular flexibility index (Phi) is 3.14. The van der Waals surface area contributed by atoms with Crippen LogP contribution in [-0.2, 0) is 6.42 Å². The lowest BCUT2D eigenvalue weighted by Gasteiger charge is -2.29. The SMILES string of the molecule is O=C(c1ccccc1)N1CCCc2cc3c(cc21)oc1ccccc13. The number of carbonyl (C=O) groups is 1. The van der Waals surface area contributed by atoms with Crippen molar-refractivity contribution in [1.29, 1.82) is 0 Å². The summed E-state index contributed by atoms with van der Waals surface area (Å²) in [6, 6.07) is 21.8. The van der Waals surface area contributed by atoms with Crippen LogP contribution in [0.2, 0.25) is 0 Å². The molecule has 1 aromatic heterocycles. The highest BCUT2D eigenvalue weighted by Gasteiger charge is 2.25. The molecule has 1 aliphatic rings. The summed E-state index contributed by atoms with van der Waals surface area (Å²) in [6.07, 6.45) is 1.97. The van der Waals surface area contributed by atoms with Gasteiger partial charge >= 0.3 is 0 Å². The zero-order chi connectivity index (χ0) is 16.8. The van der Waals surface area contributed by atoms with Gasteiger partial charge in [0, 0.05) is 28.9 Å². The van der Waals surface area contributed by atoms with Crippen LogP contribution in [0.5, 0.6) is 0 Å². The molecule has 0 spiro atoms. The van der Waals surface area contributed by atoms with Gasteiger partial charge in [-0.1, -0.05) is 36.4 Å². The van der Waals surface area contributed by atoms with Gasteiger partial charge in [0.1, 0.15) is 11.2 Å². The second-order valence-corrected chi connectivity index (χ2v) is 6.50. The second-order valence-electron chi connectivity index (χ2n) is 6.50. The molecule has 2 heterocycles. The van der Waals surface area contributed by atoms with E-state index in [1.54, 1.807) is 0 Å². The molecule has 3 heteroatoms. The summed E-state index contributed by atoms with van der Waals surface area (Å²) in [5, 5.41) is 2.26. The van der Waals surface area contributed by atoms with Gasteiger partial charge in [-0.15, -0.1) is 0 Å². The Hall–Kier alpha value is -3.07. The van der Waals surface area contributed by atoms with Crippen LogP contribution in [0.1, 0.15) is 22.3 Å². The Bertz CT molecular complexity index is 1100. The molecule has 25 heavy (non-hydrogen) atoms. The number of aryl methyl sites for hydroxylation is 1. The lowest BCUT2D eigenvalue weighted by Crippen LogP contribution is -2.35. The quantitative estimate of drug-likeness (QED) is 0.483. The van der Waals surface area contributed by atoms with E-state index in [0.29, 0.717) is 0 Å². The monoisotopic (exact) mass is 327 g/mol. The Morgan fingerprint density at radius 3 is 2.56 bits per heavy atom. The highest BCUT2D eigenvalue weighted by atomic mass is 16.3. The Labute approximate surface area is 145 Å². The molecule has 122 valence electrons. The molecule has 0 unspecified atom stereocenters. The summed E-state index contributed by atoms with van der Waals surface area (Å²) in [7, 11) is 0. The number of anilines is 1. The minimum Gasteiger partial charge on any atom is -0.456 e. The van der Waals surface area contributed by atoms with E-state index >= 15 is 0 Å².